The molecule has 1 aliphatic rings. The molecule has 6 heteroatoms. The van der Waals surface area contributed by atoms with Crippen molar-refractivity contribution in [1.29, 1.82) is 5.26 Å². The average Bonchev–Trinajstić information content (AvgIpc) is 2.49. The Kier molecular flexibility index (Phi) is 8.04. The highest BCUT2D eigenvalue weighted by atomic mass is 32.2. The lowest BCUT2D eigenvalue weighted by Crippen LogP contribution is -2.47. The summed E-state index contributed by atoms with van der Waals surface area (Å²) in [6.45, 7) is 18.1. The van der Waals surface area contributed by atoms with Crippen molar-refractivity contribution in [2.45, 2.75) is 96.1 Å². The molecule has 0 aromatic rings. The van der Waals surface area contributed by atoms with Crippen LogP contribution in [0.1, 0.15) is 67.2 Å². The average molecular weight is 387 g/mol. The van der Waals surface area contributed by atoms with Crippen molar-refractivity contribution in [2.75, 3.05) is 6.61 Å². The molecule has 1 rings (SSSR count). The van der Waals surface area contributed by atoms with Crippen LogP contribution in [0.5, 0.6) is 0 Å². The summed E-state index contributed by atoms with van der Waals surface area (Å²) in [4.78, 5) is 0. The van der Waals surface area contributed by atoms with Crippen LogP contribution in [0.15, 0.2) is 0 Å². The van der Waals surface area contributed by atoms with E-state index in [1.165, 1.54) is 0 Å². The quantitative estimate of drug-likeness (QED) is 0.528. The summed E-state index contributed by atoms with van der Waals surface area (Å²) in [6.07, 6.45) is 4.22. The Morgan fingerprint density at radius 3 is 2.08 bits per heavy atom. The van der Waals surface area contributed by atoms with Crippen molar-refractivity contribution in [3.63, 3.8) is 0 Å². The maximum absolute atomic E-state index is 12.3. The van der Waals surface area contributed by atoms with Gasteiger partial charge in [0.05, 0.1) is 6.07 Å². The molecule has 1 aliphatic carbocycles. The van der Waals surface area contributed by atoms with Crippen LogP contribution in [0.25, 0.3) is 0 Å². The first-order valence-electron chi connectivity index (χ1n) is 9.49. The summed E-state index contributed by atoms with van der Waals surface area (Å²) in [6, 6.07) is 2.02. The summed E-state index contributed by atoms with van der Waals surface area (Å²) in [7, 11) is -1.68. The number of nitrogens with zero attached hydrogens (tertiary/aromatic N) is 1. The minimum Gasteiger partial charge on any atom is -0.598 e. The van der Waals surface area contributed by atoms with Crippen LogP contribution in [0, 0.1) is 23.2 Å². The molecule has 0 amide bonds. The first-order chi connectivity index (χ1) is 11.3. The smallest absolute Gasteiger partial charge is 0.191 e. The van der Waals surface area contributed by atoms with Gasteiger partial charge in [0.15, 0.2) is 8.32 Å². The lowest BCUT2D eigenvalue weighted by atomic mass is 9.79. The van der Waals surface area contributed by atoms with Gasteiger partial charge in [-0.05, 0) is 76.4 Å². The maximum Gasteiger partial charge on any atom is 0.191 e. The molecule has 0 aliphatic heterocycles. The van der Waals surface area contributed by atoms with E-state index in [4.69, 9.17) is 4.43 Å². The molecule has 146 valence electrons. The van der Waals surface area contributed by atoms with Crippen molar-refractivity contribution in [3.8, 4) is 6.07 Å². The molecule has 2 atom stereocenters. The minimum atomic E-state index is -1.68. The highest BCUT2D eigenvalue weighted by Crippen LogP contribution is 2.38. The molecule has 0 saturated heterocycles. The second kappa shape index (κ2) is 8.75. The van der Waals surface area contributed by atoms with E-state index in [1.807, 2.05) is 20.8 Å². The second-order valence-corrected chi connectivity index (χ2v) is 16.8. The number of hydrogen-bond acceptors (Lipinski definition) is 4. The van der Waals surface area contributed by atoms with Gasteiger partial charge in [0, 0.05) is 18.0 Å². The van der Waals surface area contributed by atoms with Crippen LogP contribution in [0.3, 0.4) is 0 Å². The van der Waals surface area contributed by atoms with Crippen LogP contribution in [-0.2, 0) is 15.8 Å². The van der Waals surface area contributed by atoms with Gasteiger partial charge in [-0.25, -0.2) is 0 Å². The van der Waals surface area contributed by atoms with Gasteiger partial charge in [-0.15, -0.1) is 4.72 Å². The third-order valence-electron chi connectivity index (χ3n) is 5.78. The fraction of sp³-hybridized carbons (Fsp3) is 0.947. The monoisotopic (exact) mass is 386 g/mol. The molecule has 0 bridgehead atoms. The van der Waals surface area contributed by atoms with Gasteiger partial charge in [0.25, 0.3) is 0 Å². The second-order valence-electron chi connectivity index (χ2n) is 9.96. The van der Waals surface area contributed by atoms with E-state index in [0.29, 0.717) is 11.8 Å². The predicted molar refractivity (Wildman–Crippen MR) is 109 cm³/mol. The molecular formula is C19H38N2O2SSi. The Morgan fingerprint density at radius 2 is 1.68 bits per heavy atom. The number of hydrogen-bond donors (Lipinski definition) is 1. The van der Waals surface area contributed by atoms with E-state index >= 15 is 0 Å². The van der Waals surface area contributed by atoms with E-state index in [2.05, 4.69) is 44.7 Å². The van der Waals surface area contributed by atoms with E-state index in [0.717, 1.165) is 32.3 Å². The first kappa shape index (κ1) is 23.0. The van der Waals surface area contributed by atoms with Crippen molar-refractivity contribution in [3.05, 3.63) is 0 Å². The van der Waals surface area contributed by atoms with E-state index in [-0.39, 0.29) is 15.8 Å². The Balaban J connectivity index is 2.48. The molecule has 25 heavy (non-hydrogen) atoms. The highest BCUT2D eigenvalue weighted by Gasteiger charge is 2.39. The molecule has 1 saturated carbocycles. The third-order valence-corrected chi connectivity index (χ3v) is 11.9. The molecule has 4 nitrogen and oxygen atoms in total. The molecule has 0 spiro atoms. The fourth-order valence-corrected chi connectivity index (χ4v) is 4.67. The zero-order valence-corrected chi connectivity index (χ0v) is 19.3. The van der Waals surface area contributed by atoms with Crippen LogP contribution in [-0.4, -0.2) is 30.3 Å². The SMILES string of the molecule is CC(C)(C)[S@+]([O-])N[C@H](C#N)[C@H]1CC[C@H](CO[Si](C)(C)C(C)(C)C)CC1. The van der Waals surface area contributed by atoms with Crippen molar-refractivity contribution < 1.29 is 8.98 Å². The summed E-state index contributed by atoms with van der Waals surface area (Å²) < 4.78 is 21.4. The van der Waals surface area contributed by atoms with E-state index in [1.54, 1.807) is 0 Å². The largest absolute Gasteiger partial charge is 0.598 e. The van der Waals surface area contributed by atoms with Crippen molar-refractivity contribution >= 4 is 19.7 Å². The van der Waals surface area contributed by atoms with Crippen LogP contribution in [0.4, 0.5) is 0 Å². The van der Waals surface area contributed by atoms with Gasteiger partial charge >= 0.3 is 0 Å². The molecular weight excluding hydrogens is 348 g/mol. The zero-order chi connectivity index (χ0) is 19.5. The van der Waals surface area contributed by atoms with E-state index in [9.17, 15) is 9.81 Å². The van der Waals surface area contributed by atoms with Gasteiger partial charge in [-0.2, -0.15) is 5.26 Å². The molecule has 0 unspecified atom stereocenters. The topological polar surface area (TPSA) is 68.1 Å². The minimum absolute atomic E-state index is 0.247. The normalized spacial score (nSPS) is 25.3. The molecule has 0 aromatic heterocycles. The number of rotatable bonds is 6. The van der Waals surface area contributed by atoms with Gasteiger partial charge in [0.2, 0.25) is 0 Å². The maximum atomic E-state index is 12.3. The Bertz CT molecular complexity index is 458. The summed E-state index contributed by atoms with van der Waals surface area (Å²) in [5, 5.41) is 9.74. The third kappa shape index (κ3) is 6.87. The molecule has 0 aromatic carbocycles. The molecule has 0 radical (unpaired) electrons. The van der Waals surface area contributed by atoms with Crippen LogP contribution >= 0.6 is 0 Å². The summed E-state index contributed by atoms with van der Waals surface area (Å²) in [5.74, 6) is 0.887. The summed E-state index contributed by atoms with van der Waals surface area (Å²) >= 11 is -1.19. The lowest BCUT2D eigenvalue weighted by molar-refractivity contribution is 0.165. The van der Waals surface area contributed by atoms with Crippen LogP contribution in [0.2, 0.25) is 18.1 Å². The van der Waals surface area contributed by atoms with Crippen LogP contribution < -0.4 is 4.72 Å². The van der Waals surface area contributed by atoms with E-state index < -0.39 is 19.7 Å². The first-order valence-corrected chi connectivity index (χ1v) is 13.6. The predicted octanol–water partition coefficient (Wildman–Crippen LogP) is 4.76. The number of nitriles is 1. The Morgan fingerprint density at radius 1 is 1.16 bits per heavy atom. The number of nitrogens with one attached hydrogen (secondary N) is 1. The molecule has 1 fully saturated rings. The Hall–Kier alpha value is -0.0631. The fourth-order valence-electron chi connectivity index (χ4n) is 2.75. The molecule has 1 N–H and O–H groups in total. The highest BCUT2D eigenvalue weighted by molar-refractivity contribution is 7.90. The van der Waals surface area contributed by atoms with Crippen molar-refractivity contribution in [2.24, 2.45) is 11.8 Å². The van der Waals surface area contributed by atoms with Gasteiger partial charge in [-0.1, -0.05) is 20.8 Å². The standard InChI is InChI=1S/C19H38N2O2SSi/c1-18(2,3)24(22)21-17(13-20)16-11-9-15(10-12-16)14-23-25(7,8)19(4,5)6/h15-17,21H,9-12,14H2,1-8H3/t15-,16-,17-,24+/m1/s1. The zero-order valence-electron chi connectivity index (χ0n) is 17.4. The van der Waals surface area contributed by atoms with Gasteiger partial charge < -0.3 is 8.98 Å². The van der Waals surface area contributed by atoms with Gasteiger partial charge in [-0.3, -0.25) is 0 Å². The Labute approximate surface area is 159 Å². The van der Waals surface area contributed by atoms with Crippen molar-refractivity contribution in [1.82, 2.24) is 4.72 Å². The summed E-state index contributed by atoms with van der Waals surface area (Å²) in [5.41, 5.74) is 0. The molecule has 0 heterocycles. The lowest BCUT2D eigenvalue weighted by Gasteiger charge is -2.38. The van der Waals surface area contributed by atoms with Gasteiger partial charge in [0.1, 0.15) is 10.8 Å².